The van der Waals surface area contributed by atoms with Crippen LogP contribution in [0.3, 0.4) is 0 Å². The molecule has 3 rings (SSSR count). The summed E-state index contributed by atoms with van der Waals surface area (Å²) in [5.41, 5.74) is 10.1. The highest BCUT2D eigenvalue weighted by atomic mass is 16.5. The lowest BCUT2D eigenvalue weighted by Crippen LogP contribution is -2.27. The lowest BCUT2D eigenvalue weighted by Gasteiger charge is -2.08. The van der Waals surface area contributed by atoms with Crippen LogP contribution < -0.4 is 11.2 Å². The van der Waals surface area contributed by atoms with Crippen LogP contribution in [0.2, 0.25) is 0 Å². The maximum atomic E-state index is 12.1. The molecule has 0 bridgehead atoms. The number of rotatable bonds is 6. The van der Waals surface area contributed by atoms with E-state index in [0.29, 0.717) is 5.71 Å². The summed E-state index contributed by atoms with van der Waals surface area (Å²) in [5, 5.41) is 4.21. The molecule has 0 aliphatic rings. The third-order valence-electron chi connectivity index (χ3n) is 3.64. The number of carbonyl (C=O) groups is 2. The molecule has 3 N–H and O–H groups in total. The van der Waals surface area contributed by atoms with Gasteiger partial charge in [-0.15, -0.1) is 0 Å². The Morgan fingerprint density at radius 1 is 0.929 bits per heavy atom. The van der Waals surface area contributed by atoms with E-state index in [1.54, 1.807) is 0 Å². The predicted molar refractivity (Wildman–Crippen MR) is 103 cm³/mol. The Morgan fingerprint density at radius 2 is 1.50 bits per heavy atom. The van der Waals surface area contributed by atoms with E-state index in [2.05, 4.69) is 20.5 Å². The van der Waals surface area contributed by atoms with Crippen molar-refractivity contribution in [3.8, 4) is 0 Å². The highest BCUT2D eigenvalue weighted by molar-refractivity contribution is 6.13. The van der Waals surface area contributed by atoms with Crippen molar-refractivity contribution in [2.45, 2.75) is 0 Å². The minimum atomic E-state index is -0.837. The molecule has 0 fully saturated rings. The first-order valence-electron chi connectivity index (χ1n) is 8.36. The number of hydrogen-bond acceptors (Lipinski definition) is 7. The Kier molecular flexibility index (Phi) is 6.04. The number of nitrogen functional groups attached to an aromatic ring is 1. The number of hydrogen-bond donors (Lipinski definition) is 2. The monoisotopic (exact) mass is 375 g/mol. The zero-order valence-corrected chi connectivity index (χ0v) is 14.8. The molecule has 0 saturated carbocycles. The SMILES string of the molecule is Nc1nccnc1C(=O)OCC(=O)NN=C(c1ccccc1)c1ccccc1. The number of amides is 1. The number of aromatic nitrogens is 2. The van der Waals surface area contributed by atoms with Gasteiger partial charge in [-0.05, 0) is 0 Å². The molecular weight excluding hydrogens is 358 g/mol. The van der Waals surface area contributed by atoms with Crippen molar-refractivity contribution in [1.82, 2.24) is 15.4 Å². The van der Waals surface area contributed by atoms with Crippen molar-refractivity contribution in [1.29, 1.82) is 0 Å². The summed E-state index contributed by atoms with van der Waals surface area (Å²) >= 11 is 0. The normalized spacial score (nSPS) is 10.0. The third kappa shape index (κ3) is 4.76. The highest BCUT2D eigenvalue weighted by Crippen LogP contribution is 2.10. The molecule has 140 valence electrons. The molecule has 0 aliphatic heterocycles. The summed E-state index contributed by atoms with van der Waals surface area (Å²) in [6.07, 6.45) is 2.66. The van der Waals surface area contributed by atoms with Crippen molar-refractivity contribution in [3.05, 3.63) is 89.9 Å². The second-order valence-electron chi connectivity index (χ2n) is 5.59. The minimum Gasteiger partial charge on any atom is -0.451 e. The van der Waals surface area contributed by atoms with Gasteiger partial charge in [0.2, 0.25) is 0 Å². The molecule has 0 atom stereocenters. The highest BCUT2D eigenvalue weighted by Gasteiger charge is 2.15. The summed E-state index contributed by atoms with van der Waals surface area (Å²) in [7, 11) is 0. The molecule has 1 aromatic heterocycles. The van der Waals surface area contributed by atoms with E-state index in [0.717, 1.165) is 11.1 Å². The van der Waals surface area contributed by atoms with Crippen LogP contribution in [-0.4, -0.2) is 34.2 Å². The summed E-state index contributed by atoms with van der Waals surface area (Å²) in [5.74, 6) is -1.50. The molecule has 0 unspecified atom stereocenters. The van der Waals surface area contributed by atoms with Crippen molar-refractivity contribution in [2.24, 2.45) is 5.10 Å². The lowest BCUT2D eigenvalue weighted by atomic mass is 10.0. The van der Waals surface area contributed by atoms with Crippen LogP contribution in [-0.2, 0) is 9.53 Å². The molecule has 0 spiro atoms. The number of hydrazone groups is 1. The number of nitrogens with two attached hydrogens (primary N) is 1. The maximum absolute atomic E-state index is 12.1. The van der Waals surface area contributed by atoms with Gasteiger partial charge >= 0.3 is 5.97 Å². The first-order chi connectivity index (χ1) is 13.6. The first kappa shape index (κ1) is 18.7. The molecule has 0 aliphatic carbocycles. The molecule has 2 aromatic carbocycles. The van der Waals surface area contributed by atoms with Crippen LogP contribution >= 0.6 is 0 Å². The van der Waals surface area contributed by atoms with Crippen LogP contribution in [0.4, 0.5) is 5.82 Å². The Morgan fingerprint density at radius 3 is 2.07 bits per heavy atom. The predicted octanol–water partition coefficient (Wildman–Crippen LogP) is 1.78. The van der Waals surface area contributed by atoms with Gasteiger partial charge in [0.25, 0.3) is 5.91 Å². The molecule has 3 aromatic rings. The van der Waals surface area contributed by atoms with Crippen molar-refractivity contribution < 1.29 is 14.3 Å². The number of esters is 1. The van der Waals surface area contributed by atoms with Gasteiger partial charge in [0, 0.05) is 23.5 Å². The largest absolute Gasteiger partial charge is 0.451 e. The van der Waals surface area contributed by atoms with Gasteiger partial charge in [-0.2, -0.15) is 5.10 Å². The molecule has 0 saturated heterocycles. The van der Waals surface area contributed by atoms with Crippen LogP contribution in [0.5, 0.6) is 0 Å². The molecule has 1 heterocycles. The van der Waals surface area contributed by atoms with Crippen LogP contribution in [0.15, 0.2) is 78.2 Å². The van der Waals surface area contributed by atoms with Crippen molar-refractivity contribution in [3.63, 3.8) is 0 Å². The first-order valence-corrected chi connectivity index (χ1v) is 8.36. The Balaban J connectivity index is 1.68. The summed E-state index contributed by atoms with van der Waals surface area (Å²) in [6, 6.07) is 18.8. The summed E-state index contributed by atoms with van der Waals surface area (Å²) < 4.78 is 4.91. The van der Waals surface area contributed by atoms with E-state index >= 15 is 0 Å². The fraction of sp³-hybridized carbons (Fsp3) is 0.0500. The lowest BCUT2D eigenvalue weighted by molar-refractivity contribution is -0.124. The molecule has 8 nitrogen and oxygen atoms in total. The number of nitrogens with one attached hydrogen (secondary N) is 1. The Hall–Kier alpha value is -4.07. The topological polar surface area (TPSA) is 120 Å². The molecule has 0 radical (unpaired) electrons. The Bertz CT molecular complexity index is 949. The van der Waals surface area contributed by atoms with E-state index in [-0.39, 0.29) is 11.5 Å². The zero-order valence-electron chi connectivity index (χ0n) is 14.8. The van der Waals surface area contributed by atoms with Gasteiger partial charge in [0.1, 0.15) is 0 Å². The van der Waals surface area contributed by atoms with E-state index in [1.165, 1.54) is 12.4 Å². The van der Waals surface area contributed by atoms with Crippen LogP contribution in [0.1, 0.15) is 21.6 Å². The quantitative estimate of drug-likeness (QED) is 0.385. The van der Waals surface area contributed by atoms with Crippen LogP contribution in [0, 0.1) is 0 Å². The average molecular weight is 375 g/mol. The van der Waals surface area contributed by atoms with E-state index in [9.17, 15) is 9.59 Å². The molecule has 1 amide bonds. The second-order valence-corrected chi connectivity index (χ2v) is 5.59. The molecular formula is C20H17N5O3. The van der Waals surface area contributed by atoms with Crippen molar-refractivity contribution in [2.75, 3.05) is 12.3 Å². The van der Waals surface area contributed by atoms with E-state index in [1.807, 2.05) is 60.7 Å². The smallest absolute Gasteiger partial charge is 0.361 e. The van der Waals surface area contributed by atoms with E-state index in [4.69, 9.17) is 10.5 Å². The fourth-order valence-electron chi connectivity index (χ4n) is 2.34. The number of carbonyl (C=O) groups excluding carboxylic acids is 2. The zero-order chi connectivity index (χ0) is 19.8. The van der Waals surface area contributed by atoms with Gasteiger partial charge in [-0.3, -0.25) is 4.79 Å². The average Bonchev–Trinajstić information content (AvgIpc) is 2.74. The summed E-state index contributed by atoms with van der Waals surface area (Å²) in [6.45, 7) is -0.533. The van der Waals surface area contributed by atoms with Gasteiger partial charge in [0.05, 0.1) is 5.71 Å². The number of ether oxygens (including phenoxy) is 1. The molecule has 28 heavy (non-hydrogen) atoms. The van der Waals surface area contributed by atoms with E-state index < -0.39 is 18.5 Å². The van der Waals surface area contributed by atoms with Gasteiger partial charge in [-0.25, -0.2) is 20.2 Å². The van der Waals surface area contributed by atoms with Gasteiger partial charge in [0.15, 0.2) is 18.1 Å². The second kappa shape index (κ2) is 9.04. The number of anilines is 1. The minimum absolute atomic E-state index is 0.0682. The number of nitrogens with zero attached hydrogens (tertiary/aromatic N) is 3. The van der Waals surface area contributed by atoms with Crippen LogP contribution in [0.25, 0.3) is 0 Å². The molecule has 8 heteroatoms. The number of benzene rings is 2. The van der Waals surface area contributed by atoms with Crippen molar-refractivity contribution >= 4 is 23.4 Å². The van der Waals surface area contributed by atoms with Gasteiger partial charge < -0.3 is 10.5 Å². The Labute approximate surface area is 161 Å². The third-order valence-corrected chi connectivity index (χ3v) is 3.64. The standard InChI is InChI=1S/C20H17N5O3/c21-19-18(22-11-12-23-19)20(27)28-13-16(26)24-25-17(14-7-3-1-4-8-14)15-9-5-2-6-10-15/h1-12H,13H2,(H2,21,23)(H,24,26). The maximum Gasteiger partial charge on any atom is 0.361 e. The van der Waals surface area contributed by atoms with Gasteiger partial charge in [-0.1, -0.05) is 60.7 Å². The summed E-state index contributed by atoms with van der Waals surface area (Å²) in [4.78, 5) is 31.5. The fourth-order valence-corrected chi connectivity index (χ4v) is 2.34.